The number of carboxylic acid groups (broad SMARTS) is 1. The summed E-state index contributed by atoms with van der Waals surface area (Å²) in [5, 5.41) is 16.7. The lowest BCUT2D eigenvalue weighted by atomic mass is 9.93. The van der Waals surface area contributed by atoms with Crippen LogP contribution >= 0.6 is 0 Å². The van der Waals surface area contributed by atoms with Crippen LogP contribution in [0.15, 0.2) is 42.6 Å². The van der Waals surface area contributed by atoms with E-state index in [0.29, 0.717) is 17.9 Å². The Bertz CT molecular complexity index is 1440. The average molecular weight is 598 g/mol. The Hall–Kier alpha value is -3.80. The molecule has 1 saturated carbocycles. The lowest BCUT2D eigenvalue weighted by Gasteiger charge is -2.20. The molecule has 5 rings (SSSR count). The molecule has 0 spiro atoms. The average Bonchev–Trinajstić information content (AvgIpc) is 3.57. The van der Waals surface area contributed by atoms with Gasteiger partial charge in [0.1, 0.15) is 18.2 Å². The molecule has 1 heterocycles. The van der Waals surface area contributed by atoms with Gasteiger partial charge in [0.25, 0.3) is 12.9 Å². The van der Waals surface area contributed by atoms with Gasteiger partial charge < -0.3 is 19.7 Å². The number of rotatable bonds is 9. The van der Waals surface area contributed by atoms with Crippen LogP contribution in [0.1, 0.15) is 66.8 Å². The number of halogens is 6. The zero-order chi connectivity index (χ0) is 30.8. The van der Waals surface area contributed by atoms with Crippen molar-refractivity contribution in [3.8, 4) is 22.8 Å². The molecule has 2 aliphatic rings. The number of pyridine rings is 1. The van der Waals surface area contributed by atoms with Crippen LogP contribution in [0.5, 0.6) is 11.6 Å². The summed E-state index contributed by atoms with van der Waals surface area (Å²) < 4.78 is 95.7. The molecule has 3 aromatic rings. The maximum absolute atomic E-state index is 14.8. The summed E-state index contributed by atoms with van der Waals surface area (Å²) >= 11 is 0. The molecule has 0 radical (unpaired) electrons. The number of hydrogen-bond acceptors (Lipinski definition) is 5. The summed E-state index contributed by atoms with van der Waals surface area (Å²) in [6, 6.07) is 6.29. The largest absolute Gasteiger partial charge is 0.493 e. The number of benzene rings is 2. The first-order valence-electron chi connectivity index (χ1n) is 13.1. The SMILES string of the molecule is CC(C)(O)CCOc1ccc(-c2cc(COc3cc4c(cn3)C3C[C@@H]3C4)c(F)cc2C(F)(F)F)c(C(F)F)c1.O=CO. The van der Waals surface area contributed by atoms with Gasteiger partial charge in [0.2, 0.25) is 5.88 Å². The summed E-state index contributed by atoms with van der Waals surface area (Å²) in [6.45, 7) is 2.44. The summed E-state index contributed by atoms with van der Waals surface area (Å²) in [4.78, 5) is 12.6. The van der Waals surface area contributed by atoms with Crippen molar-refractivity contribution in [3.05, 3.63) is 76.2 Å². The predicted octanol–water partition coefficient (Wildman–Crippen LogP) is 7.32. The standard InChI is InChI=1S/C29H27F6NO3.CH2O2/c1-28(2,37)5-6-38-18-3-4-19(22(11-18)27(31)32)21-9-17(25(30)12-24(21)29(33,34)35)14-39-26-10-16-7-15-8-20(15)23(16)13-36-26;2-1-3/h3-4,9-13,15,20,27,37H,5-8,14H2,1-2H3;1H,(H,2,3)/t15-,20?;/m0./s1. The fraction of sp³-hybridized carbons (Fsp3) is 0.400. The molecule has 226 valence electrons. The van der Waals surface area contributed by atoms with Crippen molar-refractivity contribution < 1.29 is 50.8 Å². The summed E-state index contributed by atoms with van der Waals surface area (Å²) in [5.41, 5.74) is -2.08. The lowest BCUT2D eigenvalue weighted by molar-refractivity contribution is -0.137. The Kier molecular flexibility index (Phi) is 9.05. The van der Waals surface area contributed by atoms with Gasteiger partial charge in [-0.15, -0.1) is 0 Å². The second-order valence-corrected chi connectivity index (χ2v) is 10.9. The minimum absolute atomic E-state index is 0.00933. The van der Waals surface area contributed by atoms with Crippen molar-refractivity contribution in [1.29, 1.82) is 0 Å². The smallest absolute Gasteiger partial charge is 0.417 e. The zero-order valence-corrected chi connectivity index (χ0v) is 22.7. The van der Waals surface area contributed by atoms with E-state index in [4.69, 9.17) is 19.4 Å². The van der Waals surface area contributed by atoms with Crippen molar-refractivity contribution in [2.45, 2.75) is 63.8 Å². The molecule has 1 aromatic heterocycles. The Balaban J connectivity index is 0.00000129. The third-order valence-corrected chi connectivity index (χ3v) is 7.20. The number of alkyl halides is 5. The highest BCUT2D eigenvalue weighted by molar-refractivity contribution is 5.73. The maximum atomic E-state index is 14.8. The van der Waals surface area contributed by atoms with Crippen molar-refractivity contribution in [2.75, 3.05) is 6.61 Å². The first kappa shape index (κ1) is 31.1. The van der Waals surface area contributed by atoms with Crippen molar-refractivity contribution >= 4 is 6.47 Å². The molecule has 2 aliphatic carbocycles. The highest BCUT2D eigenvalue weighted by atomic mass is 19.4. The van der Waals surface area contributed by atoms with Crippen LogP contribution in [0.3, 0.4) is 0 Å². The topological polar surface area (TPSA) is 88.9 Å². The number of ether oxygens (including phenoxy) is 2. The van der Waals surface area contributed by atoms with Gasteiger partial charge in [-0.2, -0.15) is 13.2 Å². The van der Waals surface area contributed by atoms with Gasteiger partial charge in [-0.25, -0.2) is 18.2 Å². The van der Waals surface area contributed by atoms with E-state index in [1.165, 1.54) is 11.6 Å². The third-order valence-electron chi connectivity index (χ3n) is 7.20. The van der Waals surface area contributed by atoms with Crippen LogP contribution in [-0.2, 0) is 24.0 Å². The third kappa shape index (κ3) is 7.33. The molecule has 6 nitrogen and oxygen atoms in total. The quantitative estimate of drug-likeness (QED) is 0.199. The van der Waals surface area contributed by atoms with E-state index in [1.807, 2.05) is 0 Å². The van der Waals surface area contributed by atoms with Crippen molar-refractivity contribution in [1.82, 2.24) is 4.98 Å². The van der Waals surface area contributed by atoms with E-state index in [9.17, 15) is 31.4 Å². The molecular weight excluding hydrogens is 568 g/mol. The first-order chi connectivity index (χ1) is 19.7. The fourth-order valence-electron chi connectivity index (χ4n) is 5.02. The highest BCUT2D eigenvalue weighted by Crippen LogP contribution is 2.56. The molecule has 0 saturated heterocycles. The molecule has 0 amide bonds. The van der Waals surface area contributed by atoms with Gasteiger partial charge in [0, 0.05) is 29.8 Å². The van der Waals surface area contributed by atoms with Crippen LogP contribution in [0.25, 0.3) is 11.1 Å². The van der Waals surface area contributed by atoms with Crippen molar-refractivity contribution in [3.63, 3.8) is 0 Å². The zero-order valence-electron chi connectivity index (χ0n) is 22.7. The monoisotopic (exact) mass is 597 g/mol. The van der Waals surface area contributed by atoms with Crippen LogP contribution in [0, 0.1) is 11.7 Å². The molecule has 12 heteroatoms. The number of hydrogen-bond donors (Lipinski definition) is 2. The lowest BCUT2D eigenvalue weighted by Crippen LogP contribution is -2.21. The molecule has 1 unspecified atom stereocenters. The molecule has 0 aliphatic heterocycles. The van der Waals surface area contributed by atoms with Gasteiger partial charge >= 0.3 is 6.18 Å². The van der Waals surface area contributed by atoms with Crippen LogP contribution in [0.2, 0.25) is 0 Å². The Morgan fingerprint density at radius 1 is 1.10 bits per heavy atom. The van der Waals surface area contributed by atoms with Gasteiger partial charge in [-0.1, -0.05) is 6.07 Å². The van der Waals surface area contributed by atoms with Crippen LogP contribution < -0.4 is 9.47 Å². The minimum Gasteiger partial charge on any atom is -0.493 e. The predicted molar refractivity (Wildman–Crippen MR) is 140 cm³/mol. The summed E-state index contributed by atoms with van der Waals surface area (Å²) in [6.07, 6.45) is -4.16. The molecule has 2 aromatic carbocycles. The minimum atomic E-state index is -5.00. The Morgan fingerprint density at radius 2 is 1.81 bits per heavy atom. The fourth-order valence-corrected chi connectivity index (χ4v) is 5.02. The number of aliphatic hydroxyl groups is 1. The molecule has 0 bridgehead atoms. The van der Waals surface area contributed by atoms with E-state index in [2.05, 4.69) is 4.98 Å². The Morgan fingerprint density at radius 3 is 2.45 bits per heavy atom. The number of carbonyl (C=O) groups is 1. The number of fused-ring (bicyclic) bond motifs is 3. The second kappa shape index (κ2) is 12.2. The number of aromatic nitrogens is 1. The Labute approximate surface area is 237 Å². The van der Waals surface area contributed by atoms with Gasteiger partial charge in [0.15, 0.2) is 0 Å². The molecule has 1 fully saturated rings. The van der Waals surface area contributed by atoms with Gasteiger partial charge in [-0.05, 0) is 85.0 Å². The first-order valence-corrected chi connectivity index (χ1v) is 13.1. The molecule has 42 heavy (non-hydrogen) atoms. The molecule has 2 atom stereocenters. The molecule has 2 N–H and O–H groups in total. The second-order valence-electron chi connectivity index (χ2n) is 10.9. The van der Waals surface area contributed by atoms with Crippen LogP contribution in [0.4, 0.5) is 26.3 Å². The van der Waals surface area contributed by atoms with E-state index in [0.717, 1.165) is 36.6 Å². The van der Waals surface area contributed by atoms with E-state index in [1.54, 1.807) is 26.1 Å². The molecular formula is C30H29F6NO5. The van der Waals surface area contributed by atoms with E-state index < -0.39 is 52.9 Å². The van der Waals surface area contributed by atoms with Gasteiger partial charge in [-0.3, -0.25) is 4.79 Å². The maximum Gasteiger partial charge on any atom is 0.417 e. The van der Waals surface area contributed by atoms with Crippen LogP contribution in [-0.4, -0.2) is 33.9 Å². The van der Waals surface area contributed by atoms with Gasteiger partial charge in [0.05, 0.1) is 17.8 Å². The van der Waals surface area contributed by atoms with E-state index in [-0.39, 0.29) is 36.7 Å². The van der Waals surface area contributed by atoms with Crippen molar-refractivity contribution in [2.24, 2.45) is 5.92 Å². The highest BCUT2D eigenvalue weighted by Gasteiger charge is 2.45. The summed E-state index contributed by atoms with van der Waals surface area (Å²) in [5.74, 6) is 0.210. The van der Waals surface area contributed by atoms with E-state index >= 15 is 0 Å². The number of nitrogens with zero attached hydrogens (tertiary/aromatic N) is 1. The normalized spacial score (nSPS) is 17.2. The summed E-state index contributed by atoms with van der Waals surface area (Å²) in [7, 11) is 0.